The van der Waals surface area contributed by atoms with Crippen molar-refractivity contribution in [2.24, 2.45) is 5.41 Å². The smallest absolute Gasteiger partial charge is 0.141 e. The Kier molecular flexibility index (Phi) is 2.68. The minimum absolute atomic E-state index is 0.152. The van der Waals surface area contributed by atoms with Crippen LogP contribution in [0.1, 0.15) is 20.3 Å². The summed E-state index contributed by atoms with van der Waals surface area (Å²) in [6.45, 7) is 10.4. The second-order valence-corrected chi connectivity index (χ2v) is 4.08. The van der Waals surface area contributed by atoms with Crippen molar-refractivity contribution < 1.29 is 4.79 Å². The second-order valence-electron chi connectivity index (χ2n) is 4.08. The van der Waals surface area contributed by atoms with Crippen molar-refractivity contribution in [1.29, 1.82) is 0 Å². The first kappa shape index (κ1) is 9.46. The standard InChI is InChI=1S/C10H17NO/c1-4-6-11-7-5-9(12)10(2,3)8-11/h4H,1,5-8H2,2-3H3. The highest BCUT2D eigenvalue weighted by molar-refractivity contribution is 5.85. The molecule has 1 saturated heterocycles. The topological polar surface area (TPSA) is 20.3 Å². The summed E-state index contributed by atoms with van der Waals surface area (Å²) in [6, 6.07) is 0. The second kappa shape index (κ2) is 3.40. The Morgan fingerprint density at radius 1 is 1.67 bits per heavy atom. The molecule has 0 aliphatic carbocycles. The van der Waals surface area contributed by atoms with Crippen LogP contribution in [0.25, 0.3) is 0 Å². The van der Waals surface area contributed by atoms with Crippen LogP contribution < -0.4 is 0 Å². The monoisotopic (exact) mass is 167 g/mol. The van der Waals surface area contributed by atoms with Crippen molar-refractivity contribution in [1.82, 2.24) is 4.90 Å². The predicted molar refractivity (Wildman–Crippen MR) is 50.0 cm³/mol. The molecular formula is C10H17NO. The van der Waals surface area contributed by atoms with E-state index in [9.17, 15) is 4.79 Å². The number of hydrogen-bond donors (Lipinski definition) is 0. The van der Waals surface area contributed by atoms with Crippen molar-refractivity contribution in [3.05, 3.63) is 12.7 Å². The molecule has 0 amide bonds. The fraction of sp³-hybridized carbons (Fsp3) is 0.700. The fourth-order valence-corrected chi connectivity index (χ4v) is 1.66. The summed E-state index contributed by atoms with van der Waals surface area (Å²) in [5.74, 6) is 0.391. The van der Waals surface area contributed by atoms with Crippen LogP contribution in [0, 0.1) is 5.41 Å². The van der Waals surface area contributed by atoms with E-state index in [2.05, 4.69) is 11.5 Å². The summed E-state index contributed by atoms with van der Waals surface area (Å²) in [5.41, 5.74) is -0.152. The highest BCUT2D eigenvalue weighted by Crippen LogP contribution is 2.24. The Morgan fingerprint density at radius 2 is 2.33 bits per heavy atom. The Hall–Kier alpha value is -0.630. The molecule has 2 nitrogen and oxygen atoms in total. The van der Waals surface area contributed by atoms with E-state index in [-0.39, 0.29) is 5.41 Å². The lowest BCUT2D eigenvalue weighted by molar-refractivity contribution is -0.131. The van der Waals surface area contributed by atoms with Crippen molar-refractivity contribution in [3.8, 4) is 0 Å². The molecule has 0 bridgehead atoms. The number of carbonyl (C=O) groups is 1. The van der Waals surface area contributed by atoms with Crippen LogP contribution in [0.2, 0.25) is 0 Å². The highest BCUT2D eigenvalue weighted by atomic mass is 16.1. The fourth-order valence-electron chi connectivity index (χ4n) is 1.66. The number of ketones is 1. The van der Waals surface area contributed by atoms with Gasteiger partial charge in [-0.3, -0.25) is 9.69 Å². The van der Waals surface area contributed by atoms with Crippen molar-refractivity contribution in [2.75, 3.05) is 19.6 Å². The first-order chi connectivity index (χ1) is 5.56. The van der Waals surface area contributed by atoms with E-state index in [4.69, 9.17) is 0 Å². The predicted octanol–water partition coefficient (Wildman–Crippen LogP) is 1.47. The maximum atomic E-state index is 11.4. The number of piperidine rings is 1. The van der Waals surface area contributed by atoms with Gasteiger partial charge < -0.3 is 0 Å². The van der Waals surface area contributed by atoms with E-state index < -0.39 is 0 Å². The Bertz CT molecular complexity index is 196. The summed E-state index contributed by atoms with van der Waals surface area (Å²) in [5, 5.41) is 0. The van der Waals surface area contributed by atoms with Gasteiger partial charge in [0, 0.05) is 31.5 Å². The molecule has 0 saturated carbocycles. The van der Waals surface area contributed by atoms with Crippen LogP contribution in [0.5, 0.6) is 0 Å². The molecular weight excluding hydrogens is 150 g/mol. The first-order valence-corrected chi connectivity index (χ1v) is 4.43. The summed E-state index contributed by atoms with van der Waals surface area (Å²) in [6.07, 6.45) is 2.59. The normalized spacial score (nSPS) is 24.0. The van der Waals surface area contributed by atoms with Crippen LogP contribution in [0.4, 0.5) is 0 Å². The van der Waals surface area contributed by atoms with Crippen molar-refractivity contribution in [3.63, 3.8) is 0 Å². The zero-order valence-corrected chi connectivity index (χ0v) is 7.97. The molecule has 68 valence electrons. The van der Waals surface area contributed by atoms with Crippen LogP contribution in [-0.2, 0) is 4.79 Å². The maximum Gasteiger partial charge on any atom is 0.141 e. The maximum absolute atomic E-state index is 11.4. The summed E-state index contributed by atoms with van der Waals surface area (Å²) in [7, 11) is 0. The van der Waals surface area contributed by atoms with Crippen LogP contribution >= 0.6 is 0 Å². The molecule has 0 aromatic rings. The van der Waals surface area contributed by atoms with E-state index in [1.807, 2.05) is 19.9 Å². The minimum atomic E-state index is -0.152. The number of rotatable bonds is 2. The van der Waals surface area contributed by atoms with Gasteiger partial charge >= 0.3 is 0 Å². The summed E-state index contributed by atoms with van der Waals surface area (Å²) >= 11 is 0. The molecule has 1 fully saturated rings. The zero-order chi connectivity index (χ0) is 9.19. The highest BCUT2D eigenvalue weighted by Gasteiger charge is 2.33. The van der Waals surface area contributed by atoms with Crippen LogP contribution in [0.3, 0.4) is 0 Å². The molecule has 2 heteroatoms. The summed E-state index contributed by atoms with van der Waals surface area (Å²) in [4.78, 5) is 13.7. The van der Waals surface area contributed by atoms with Gasteiger partial charge in [-0.15, -0.1) is 6.58 Å². The molecule has 0 N–H and O–H groups in total. The van der Waals surface area contributed by atoms with Gasteiger partial charge in [-0.1, -0.05) is 19.9 Å². The third-order valence-corrected chi connectivity index (χ3v) is 2.42. The number of carbonyl (C=O) groups excluding carboxylic acids is 1. The number of hydrogen-bond acceptors (Lipinski definition) is 2. The van der Waals surface area contributed by atoms with Gasteiger partial charge in [0.2, 0.25) is 0 Å². The molecule has 1 aliphatic rings. The van der Waals surface area contributed by atoms with Gasteiger partial charge in [-0.2, -0.15) is 0 Å². The molecule has 0 unspecified atom stereocenters. The molecule has 1 heterocycles. The summed E-state index contributed by atoms with van der Waals surface area (Å²) < 4.78 is 0. The van der Waals surface area contributed by atoms with Gasteiger partial charge in [-0.25, -0.2) is 0 Å². The molecule has 1 aliphatic heterocycles. The average Bonchev–Trinajstić information content (AvgIpc) is 1.97. The molecule has 0 aromatic heterocycles. The van der Waals surface area contributed by atoms with Crippen molar-refractivity contribution >= 4 is 5.78 Å². The molecule has 0 spiro atoms. The van der Waals surface area contributed by atoms with Crippen molar-refractivity contribution in [2.45, 2.75) is 20.3 Å². The van der Waals surface area contributed by atoms with E-state index in [0.717, 1.165) is 19.6 Å². The minimum Gasteiger partial charge on any atom is -0.299 e. The lowest BCUT2D eigenvalue weighted by atomic mass is 9.83. The van der Waals surface area contributed by atoms with Gasteiger partial charge in [0.15, 0.2) is 0 Å². The third-order valence-electron chi connectivity index (χ3n) is 2.42. The van der Waals surface area contributed by atoms with E-state index in [1.165, 1.54) is 0 Å². The molecule has 0 aromatic carbocycles. The Morgan fingerprint density at radius 3 is 2.83 bits per heavy atom. The number of nitrogens with zero attached hydrogens (tertiary/aromatic N) is 1. The van der Waals surface area contributed by atoms with Gasteiger partial charge in [0.05, 0.1) is 0 Å². The quantitative estimate of drug-likeness (QED) is 0.580. The Labute approximate surface area is 74.2 Å². The van der Waals surface area contributed by atoms with Gasteiger partial charge in [0.1, 0.15) is 5.78 Å². The zero-order valence-electron chi connectivity index (χ0n) is 7.97. The largest absolute Gasteiger partial charge is 0.299 e. The molecule has 12 heavy (non-hydrogen) atoms. The average molecular weight is 167 g/mol. The van der Waals surface area contributed by atoms with Gasteiger partial charge in [0.25, 0.3) is 0 Å². The SMILES string of the molecule is C=CCN1CCC(=O)C(C)(C)C1. The molecule has 1 rings (SSSR count). The van der Waals surface area contributed by atoms with E-state index >= 15 is 0 Å². The third kappa shape index (κ3) is 1.95. The number of likely N-dealkylation sites (tertiary alicyclic amines) is 1. The molecule has 0 atom stereocenters. The van der Waals surface area contributed by atoms with E-state index in [1.54, 1.807) is 0 Å². The number of Topliss-reactive ketones (excluding diaryl/α,β-unsaturated/α-hetero) is 1. The van der Waals surface area contributed by atoms with Crippen LogP contribution in [0.15, 0.2) is 12.7 Å². The van der Waals surface area contributed by atoms with Crippen LogP contribution in [-0.4, -0.2) is 30.3 Å². The first-order valence-electron chi connectivity index (χ1n) is 4.43. The van der Waals surface area contributed by atoms with Gasteiger partial charge in [-0.05, 0) is 0 Å². The van der Waals surface area contributed by atoms with E-state index in [0.29, 0.717) is 12.2 Å². The molecule has 0 radical (unpaired) electrons. The lowest BCUT2D eigenvalue weighted by Gasteiger charge is -2.36. The lowest BCUT2D eigenvalue weighted by Crippen LogP contribution is -2.46. The Balaban J connectivity index is 2.56.